The highest BCUT2D eigenvalue weighted by Crippen LogP contribution is 2.17. The van der Waals surface area contributed by atoms with Crippen LogP contribution in [0.15, 0.2) is 53.5 Å². The lowest BCUT2D eigenvalue weighted by Gasteiger charge is -2.13. The van der Waals surface area contributed by atoms with Gasteiger partial charge in [-0.15, -0.1) is 24.0 Å². The zero-order valence-electron chi connectivity index (χ0n) is 17.6. The predicted octanol–water partition coefficient (Wildman–Crippen LogP) is 2.66. The largest absolute Gasteiger partial charge is 0.496 e. The summed E-state index contributed by atoms with van der Waals surface area (Å²) in [5.74, 6) is 1.60. The summed E-state index contributed by atoms with van der Waals surface area (Å²) < 4.78 is 31.0. The first kappa shape index (κ1) is 26.2. The highest BCUT2D eigenvalue weighted by molar-refractivity contribution is 14.0. The Labute approximate surface area is 196 Å². The van der Waals surface area contributed by atoms with Crippen molar-refractivity contribution in [1.29, 1.82) is 0 Å². The minimum atomic E-state index is -3.26. The molecule has 0 aromatic heterocycles. The molecule has 7 nitrogen and oxygen atoms in total. The number of ether oxygens (including phenoxy) is 1. The first-order valence-electron chi connectivity index (χ1n) is 9.60. The van der Waals surface area contributed by atoms with Crippen molar-refractivity contribution in [3.63, 3.8) is 0 Å². The second-order valence-electron chi connectivity index (χ2n) is 6.46. The van der Waals surface area contributed by atoms with E-state index in [2.05, 4.69) is 26.4 Å². The van der Waals surface area contributed by atoms with Crippen molar-refractivity contribution in [2.24, 2.45) is 4.99 Å². The van der Waals surface area contributed by atoms with Gasteiger partial charge in [0.1, 0.15) is 5.75 Å². The highest BCUT2D eigenvalue weighted by atomic mass is 127. The molecule has 0 aliphatic rings. The fourth-order valence-corrected chi connectivity index (χ4v) is 3.55. The second kappa shape index (κ2) is 13.5. The molecule has 0 spiro atoms. The molecular formula is C21H31IN4O3S. The first-order valence-corrected chi connectivity index (χ1v) is 11.3. The van der Waals surface area contributed by atoms with Crippen LogP contribution in [-0.4, -0.2) is 41.6 Å². The molecule has 0 aliphatic carbocycles. The monoisotopic (exact) mass is 546 g/mol. The predicted molar refractivity (Wildman–Crippen MR) is 133 cm³/mol. The van der Waals surface area contributed by atoms with Crippen molar-refractivity contribution in [1.82, 2.24) is 15.4 Å². The van der Waals surface area contributed by atoms with E-state index in [-0.39, 0.29) is 29.7 Å². The smallest absolute Gasteiger partial charge is 0.215 e. The van der Waals surface area contributed by atoms with E-state index in [4.69, 9.17) is 4.74 Å². The van der Waals surface area contributed by atoms with Crippen LogP contribution >= 0.6 is 24.0 Å². The molecule has 9 heteroatoms. The van der Waals surface area contributed by atoms with E-state index in [0.717, 1.165) is 47.9 Å². The summed E-state index contributed by atoms with van der Waals surface area (Å²) in [6, 6.07) is 15.4. The Kier molecular flexibility index (Phi) is 11.7. The van der Waals surface area contributed by atoms with Crippen LogP contribution in [0.25, 0.3) is 0 Å². The molecule has 0 bridgehead atoms. The van der Waals surface area contributed by atoms with E-state index in [1.807, 2.05) is 49.4 Å². The number of hydrogen-bond acceptors (Lipinski definition) is 4. The van der Waals surface area contributed by atoms with Crippen molar-refractivity contribution in [2.45, 2.75) is 25.6 Å². The first-order chi connectivity index (χ1) is 14.0. The Hall–Kier alpha value is -1.85. The number of methoxy groups -OCH3 is 1. The number of aliphatic imine (C=N–C) groups is 1. The van der Waals surface area contributed by atoms with E-state index in [1.54, 1.807) is 7.11 Å². The van der Waals surface area contributed by atoms with E-state index in [9.17, 15) is 8.42 Å². The summed E-state index contributed by atoms with van der Waals surface area (Å²) in [6.07, 6.45) is 0.822. The summed E-state index contributed by atoms with van der Waals surface area (Å²) in [6.45, 7) is 4.02. The van der Waals surface area contributed by atoms with Gasteiger partial charge in [0.05, 0.1) is 19.4 Å². The van der Waals surface area contributed by atoms with Gasteiger partial charge in [0.15, 0.2) is 5.96 Å². The molecule has 2 aromatic carbocycles. The number of para-hydroxylation sites is 1. The lowest BCUT2D eigenvalue weighted by atomic mass is 10.1. The molecule has 0 atom stereocenters. The molecule has 0 radical (unpaired) electrons. The molecule has 0 unspecified atom stereocenters. The molecule has 2 rings (SSSR count). The number of benzene rings is 2. The van der Waals surface area contributed by atoms with Gasteiger partial charge in [-0.2, -0.15) is 0 Å². The van der Waals surface area contributed by atoms with Crippen molar-refractivity contribution >= 4 is 40.0 Å². The van der Waals surface area contributed by atoms with Gasteiger partial charge in [0.2, 0.25) is 10.0 Å². The molecule has 166 valence electrons. The van der Waals surface area contributed by atoms with Gasteiger partial charge in [0, 0.05) is 13.1 Å². The zero-order chi connectivity index (χ0) is 21.1. The number of rotatable bonds is 10. The van der Waals surface area contributed by atoms with Crippen LogP contribution in [-0.2, 0) is 28.7 Å². The Morgan fingerprint density at radius 1 is 1.03 bits per heavy atom. The summed E-state index contributed by atoms with van der Waals surface area (Å²) in [5, 5.41) is 6.57. The minimum Gasteiger partial charge on any atom is -0.496 e. The molecule has 0 fully saturated rings. The Morgan fingerprint density at radius 3 is 2.33 bits per heavy atom. The van der Waals surface area contributed by atoms with E-state index >= 15 is 0 Å². The average Bonchev–Trinajstić information content (AvgIpc) is 2.73. The number of nitrogens with one attached hydrogen (secondary N) is 3. The summed E-state index contributed by atoms with van der Waals surface area (Å²) in [5.41, 5.74) is 2.90. The second-order valence-corrected chi connectivity index (χ2v) is 8.39. The van der Waals surface area contributed by atoms with Crippen LogP contribution < -0.4 is 20.1 Å². The molecule has 2 aromatic rings. The Balaban J connectivity index is 0.00000450. The van der Waals surface area contributed by atoms with E-state index in [0.29, 0.717) is 6.54 Å². The SMILES string of the molecule is CCNC(=NCc1ccc(CS(=O)(=O)NC)cc1)NCCc1ccccc1OC.I. The van der Waals surface area contributed by atoms with Crippen LogP contribution in [0.5, 0.6) is 5.75 Å². The highest BCUT2D eigenvalue weighted by Gasteiger charge is 2.08. The van der Waals surface area contributed by atoms with Crippen LogP contribution in [0, 0.1) is 0 Å². The standard InChI is InChI=1S/C21H30N4O3S.HI/c1-4-23-21(24-14-13-19-7-5-6-8-20(19)28-3)25-15-17-9-11-18(12-10-17)16-29(26,27)22-2;/h5-12,22H,4,13-16H2,1-3H3,(H2,23,24,25);1H. The van der Waals surface area contributed by atoms with Crippen LogP contribution in [0.1, 0.15) is 23.6 Å². The molecule has 0 aliphatic heterocycles. The molecule has 0 amide bonds. The Bertz CT molecular complexity index is 903. The third-order valence-electron chi connectivity index (χ3n) is 4.33. The average molecular weight is 546 g/mol. The molecule has 0 heterocycles. The van der Waals surface area contributed by atoms with Crippen molar-refractivity contribution in [2.75, 3.05) is 27.2 Å². The number of sulfonamides is 1. The van der Waals surface area contributed by atoms with Gasteiger partial charge in [0.25, 0.3) is 0 Å². The maximum atomic E-state index is 11.6. The summed E-state index contributed by atoms with van der Waals surface area (Å²) in [4.78, 5) is 4.61. The maximum absolute atomic E-state index is 11.6. The van der Waals surface area contributed by atoms with Crippen molar-refractivity contribution < 1.29 is 13.2 Å². The van der Waals surface area contributed by atoms with E-state index in [1.165, 1.54) is 7.05 Å². The molecular weight excluding hydrogens is 515 g/mol. The van der Waals surface area contributed by atoms with Crippen molar-refractivity contribution in [3.8, 4) is 5.75 Å². The fourth-order valence-electron chi connectivity index (χ4n) is 2.77. The number of halogens is 1. The number of guanidine groups is 1. The minimum absolute atomic E-state index is 0. The molecule has 3 N–H and O–H groups in total. The van der Waals surface area contributed by atoms with Gasteiger partial charge in [-0.05, 0) is 43.1 Å². The quantitative estimate of drug-likeness (QED) is 0.242. The Morgan fingerprint density at radius 2 is 1.70 bits per heavy atom. The number of nitrogens with zero attached hydrogens (tertiary/aromatic N) is 1. The fraction of sp³-hybridized carbons (Fsp3) is 0.381. The van der Waals surface area contributed by atoms with Gasteiger partial charge >= 0.3 is 0 Å². The molecule has 30 heavy (non-hydrogen) atoms. The molecule has 0 saturated carbocycles. The van der Waals surface area contributed by atoms with Gasteiger partial charge in [-0.1, -0.05) is 42.5 Å². The normalized spacial score (nSPS) is 11.5. The zero-order valence-corrected chi connectivity index (χ0v) is 20.8. The van der Waals surface area contributed by atoms with Crippen LogP contribution in [0.2, 0.25) is 0 Å². The third kappa shape index (κ3) is 8.88. The maximum Gasteiger partial charge on any atom is 0.215 e. The van der Waals surface area contributed by atoms with Crippen LogP contribution in [0.3, 0.4) is 0 Å². The lowest BCUT2D eigenvalue weighted by Crippen LogP contribution is -2.38. The van der Waals surface area contributed by atoms with Crippen LogP contribution in [0.4, 0.5) is 0 Å². The lowest BCUT2D eigenvalue weighted by molar-refractivity contribution is 0.409. The van der Waals surface area contributed by atoms with Crippen molar-refractivity contribution in [3.05, 3.63) is 65.2 Å². The number of hydrogen-bond donors (Lipinski definition) is 3. The third-order valence-corrected chi connectivity index (χ3v) is 5.67. The van der Waals surface area contributed by atoms with Gasteiger partial charge in [-0.25, -0.2) is 18.1 Å². The summed E-state index contributed by atoms with van der Waals surface area (Å²) in [7, 11) is -0.167. The van der Waals surface area contributed by atoms with Gasteiger partial charge in [-0.3, -0.25) is 0 Å². The molecule has 0 saturated heterocycles. The topological polar surface area (TPSA) is 91.8 Å². The van der Waals surface area contributed by atoms with Gasteiger partial charge < -0.3 is 15.4 Å². The van der Waals surface area contributed by atoms with E-state index < -0.39 is 10.0 Å². The summed E-state index contributed by atoms with van der Waals surface area (Å²) >= 11 is 0.